The van der Waals surface area contributed by atoms with E-state index in [1.807, 2.05) is 6.92 Å². The number of rotatable bonds is 5. The van der Waals surface area contributed by atoms with E-state index >= 15 is 0 Å². The first kappa shape index (κ1) is 20.7. The lowest BCUT2D eigenvalue weighted by molar-refractivity contribution is -0.116. The molecule has 1 unspecified atom stereocenters. The second-order valence-electron chi connectivity index (χ2n) is 6.48. The summed E-state index contributed by atoms with van der Waals surface area (Å²) in [6.45, 7) is 3.61. The molecule has 0 bridgehead atoms. The largest absolute Gasteiger partial charge is 0.326 e. The van der Waals surface area contributed by atoms with Crippen molar-refractivity contribution in [2.24, 2.45) is 0 Å². The van der Waals surface area contributed by atoms with E-state index in [-0.39, 0.29) is 28.2 Å². The van der Waals surface area contributed by atoms with E-state index in [0.29, 0.717) is 16.4 Å². The summed E-state index contributed by atoms with van der Waals surface area (Å²) >= 11 is 7.31. The van der Waals surface area contributed by atoms with E-state index in [1.54, 1.807) is 31.2 Å². The van der Waals surface area contributed by atoms with Gasteiger partial charge in [0.15, 0.2) is 9.84 Å². The van der Waals surface area contributed by atoms with E-state index in [9.17, 15) is 18.0 Å². The number of anilines is 2. The van der Waals surface area contributed by atoms with Crippen LogP contribution in [-0.4, -0.2) is 31.2 Å². The zero-order chi connectivity index (χ0) is 20.5. The number of fused-ring (bicyclic) bond motifs is 1. The lowest BCUT2D eigenvalue weighted by Crippen LogP contribution is -2.26. The van der Waals surface area contributed by atoms with Crippen molar-refractivity contribution in [1.82, 2.24) is 0 Å². The Morgan fingerprint density at radius 1 is 1.25 bits per heavy atom. The van der Waals surface area contributed by atoms with Gasteiger partial charge in [0.1, 0.15) is 0 Å². The fourth-order valence-corrected chi connectivity index (χ4v) is 5.03. The minimum Gasteiger partial charge on any atom is -0.326 e. The normalized spacial score (nSPS) is 16.2. The summed E-state index contributed by atoms with van der Waals surface area (Å²) in [6, 6.07) is 9.73. The van der Waals surface area contributed by atoms with Gasteiger partial charge in [-0.25, -0.2) is 8.42 Å². The van der Waals surface area contributed by atoms with E-state index in [0.717, 1.165) is 10.5 Å². The van der Waals surface area contributed by atoms with Gasteiger partial charge in [-0.2, -0.15) is 0 Å². The first-order chi connectivity index (χ1) is 13.2. The van der Waals surface area contributed by atoms with E-state index in [2.05, 4.69) is 10.6 Å². The number of carbonyl (C=O) groups excluding carboxylic acids is 2. The average molecular weight is 439 g/mol. The standard InChI is InChI=1S/C19H19ClN2O4S2/c1-11-3-4-13(20)9-15(11)21-18(23)7-8-28(25,26)14-5-6-17-16(10-14)22-19(24)12(2)27-17/h3-6,9-10,12H,7-8H2,1-2H3,(H,21,23)(H,22,24). The molecule has 1 aliphatic heterocycles. The van der Waals surface area contributed by atoms with Gasteiger partial charge in [0.05, 0.1) is 21.6 Å². The molecule has 2 N–H and O–H groups in total. The molecular formula is C19H19ClN2O4S2. The van der Waals surface area contributed by atoms with Crippen LogP contribution < -0.4 is 10.6 Å². The number of hydrogen-bond donors (Lipinski definition) is 2. The maximum atomic E-state index is 12.6. The summed E-state index contributed by atoms with van der Waals surface area (Å²) in [5.74, 6) is -0.915. The Hall–Kier alpha value is -2.03. The van der Waals surface area contributed by atoms with Crippen molar-refractivity contribution >= 4 is 56.4 Å². The van der Waals surface area contributed by atoms with Crippen molar-refractivity contribution in [2.45, 2.75) is 35.3 Å². The molecule has 28 heavy (non-hydrogen) atoms. The molecule has 0 spiro atoms. The molecule has 2 aromatic rings. The van der Waals surface area contributed by atoms with Gasteiger partial charge in [0.2, 0.25) is 11.8 Å². The Balaban J connectivity index is 1.69. The highest BCUT2D eigenvalue weighted by Gasteiger charge is 2.25. The number of aryl methyl sites for hydroxylation is 1. The van der Waals surface area contributed by atoms with E-state index in [4.69, 9.17) is 11.6 Å². The third kappa shape index (κ3) is 4.68. The molecule has 1 atom stereocenters. The minimum atomic E-state index is -3.68. The zero-order valence-corrected chi connectivity index (χ0v) is 17.7. The zero-order valence-electron chi connectivity index (χ0n) is 15.3. The predicted molar refractivity (Wildman–Crippen MR) is 112 cm³/mol. The quantitative estimate of drug-likeness (QED) is 0.738. The number of benzene rings is 2. The Labute approximate surface area is 173 Å². The van der Waals surface area contributed by atoms with Crippen LogP contribution in [0.1, 0.15) is 18.9 Å². The molecule has 0 saturated heterocycles. The highest BCUT2D eigenvalue weighted by molar-refractivity contribution is 8.01. The highest BCUT2D eigenvalue weighted by Crippen LogP contribution is 2.36. The summed E-state index contributed by atoms with van der Waals surface area (Å²) in [6.07, 6.45) is -0.191. The molecule has 0 aromatic heterocycles. The van der Waals surface area contributed by atoms with Crippen LogP contribution in [-0.2, 0) is 19.4 Å². The lowest BCUT2D eigenvalue weighted by atomic mass is 10.2. The smallest absolute Gasteiger partial charge is 0.237 e. The molecular weight excluding hydrogens is 420 g/mol. The van der Waals surface area contributed by atoms with E-state index < -0.39 is 15.7 Å². The van der Waals surface area contributed by atoms with Crippen LogP contribution in [0, 0.1) is 6.92 Å². The summed E-state index contributed by atoms with van der Waals surface area (Å²) < 4.78 is 25.2. The fourth-order valence-electron chi connectivity index (χ4n) is 2.67. The molecule has 1 aliphatic rings. The van der Waals surface area contributed by atoms with Gasteiger partial charge >= 0.3 is 0 Å². The van der Waals surface area contributed by atoms with Crippen LogP contribution in [0.3, 0.4) is 0 Å². The first-order valence-electron chi connectivity index (χ1n) is 8.56. The summed E-state index contributed by atoms with van der Waals surface area (Å²) in [7, 11) is -3.68. The van der Waals surface area contributed by atoms with Gasteiger partial charge in [0.25, 0.3) is 0 Å². The SMILES string of the molecule is Cc1ccc(Cl)cc1NC(=O)CCS(=O)(=O)c1ccc2c(c1)NC(=O)C(C)S2. The molecule has 148 valence electrons. The van der Waals surface area contributed by atoms with Gasteiger partial charge in [-0.15, -0.1) is 11.8 Å². The number of thioether (sulfide) groups is 1. The molecule has 2 amide bonds. The van der Waals surface area contributed by atoms with Crippen molar-refractivity contribution in [3.63, 3.8) is 0 Å². The first-order valence-corrected chi connectivity index (χ1v) is 11.5. The number of halogens is 1. The van der Waals surface area contributed by atoms with Crippen LogP contribution in [0.5, 0.6) is 0 Å². The molecule has 9 heteroatoms. The minimum absolute atomic E-state index is 0.0773. The summed E-state index contributed by atoms with van der Waals surface area (Å²) in [5, 5.41) is 5.66. The third-order valence-corrected chi connectivity index (χ3v) is 7.44. The van der Waals surface area contributed by atoms with E-state index in [1.165, 1.54) is 23.9 Å². The van der Waals surface area contributed by atoms with Crippen molar-refractivity contribution in [3.05, 3.63) is 47.0 Å². The van der Waals surface area contributed by atoms with Crippen molar-refractivity contribution in [2.75, 3.05) is 16.4 Å². The molecule has 0 saturated carbocycles. The number of amides is 2. The second kappa shape index (κ2) is 8.14. The third-order valence-electron chi connectivity index (χ3n) is 4.31. The molecule has 1 heterocycles. The number of hydrogen-bond acceptors (Lipinski definition) is 5. The maximum absolute atomic E-state index is 12.6. The Kier molecular flexibility index (Phi) is 6.02. The number of nitrogens with one attached hydrogen (secondary N) is 2. The number of carbonyl (C=O) groups is 2. The Morgan fingerprint density at radius 3 is 2.75 bits per heavy atom. The predicted octanol–water partition coefficient (Wildman–Crippen LogP) is 3.88. The summed E-state index contributed by atoms with van der Waals surface area (Å²) in [4.78, 5) is 24.9. The topological polar surface area (TPSA) is 92.3 Å². The molecule has 3 rings (SSSR count). The molecule has 6 nitrogen and oxygen atoms in total. The number of sulfone groups is 1. The van der Waals surface area contributed by atoms with Crippen LogP contribution in [0.4, 0.5) is 11.4 Å². The van der Waals surface area contributed by atoms with Gasteiger partial charge in [-0.3, -0.25) is 9.59 Å². The molecule has 0 aliphatic carbocycles. The van der Waals surface area contributed by atoms with Crippen LogP contribution in [0.2, 0.25) is 5.02 Å². The monoisotopic (exact) mass is 438 g/mol. The Bertz CT molecular complexity index is 1050. The molecule has 0 radical (unpaired) electrons. The molecule has 2 aromatic carbocycles. The second-order valence-corrected chi connectivity index (χ2v) is 10.4. The Morgan fingerprint density at radius 2 is 2.00 bits per heavy atom. The van der Waals surface area contributed by atoms with Crippen LogP contribution >= 0.6 is 23.4 Å². The van der Waals surface area contributed by atoms with Crippen LogP contribution in [0.25, 0.3) is 0 Å². The lowest BCUT2D eigenvalue weighted by Gasteiger charge is -2.21. The van der Waals surface area contributed by atoms with Gasteiger partial charge in [-0.05, 0) is 49.7 Å². The van der Waals surface area contributed by atoms with Gasteiger partial charge in [-0.1, -0.05) is 17.7 Å². The molecule has 0 fully saturated rings. The highest BCUT2D eigenvalue weighted by atomic mass is 35.5. The fraction of sp³-hybridized carbons (Fsp3) is 0.263. The van der Waals surface area contributed by atoms with Crippen molar-refractivity contribution < 1.29 is 18.0 Å². The van der Waals surface area contributed by atoms with Gasteiger partial charge < -0.3 is 10.6 Å². The van der Waals surface area contributed by atoms with Crippen molar-refractivity contribution in [1.29, 1.82) is 0 Å². The summed E-state index contributed by atoms with van der Waals surface area (Å²) in [5.41, 5.74) is 1.86. The maximum Gasteiger partial charge on any atom is 0.237 e. The van der Waals surface area contributed by atoms with Crippen LogP contribution in [0.15, 0.2) is 46.2 Å². The average Bonchev–Trinajstić information content (AvgIpc) is 2.64. The van der Waals surface area contributed by atoms with Gasteiger partial charge in [0, 0.05) is 22.0 Å². The van der Waals surface area contributed by atoms with Crippen molar-refractivity contribution in [3.8, 4) is 0 Å².